The summed E-state index contributed by atoms with van der Waals surface area (Å²) in [6.45, 7) is 5.44. The monoisotopic (exact) mass is 160 g/mol. The molecule has 12 heavy (non-hydrogen) atoms. The first kappa shape index (κ1) is 8.65. The molecule has 0 atom stereocenters. The normalized spacial score (nSPS) is 10.4. The zero-order valence-corrected chi connectivity index (χ0v) is 7.20. The van der Waals surface area contributed by atoms with Gasteiger partial charge in [-0.05, 0) is 24.8 Å². The van der Waals surface area contributed by atoms with Crippen LogP contribution in [0.4, 0.5) is 5.69 Å². The molecule has 0 spiro atoms. The van der Waals surface area contributed by atoms with Crippen LogP contribution >= 0.6 is 0 Å². The smallest absolute Gasteiger partial charge is 0.115 e. The van der Waals surface area contributed by atoms with Crippen LogP contribution in [0.1, 0.15) is 12.5 Å². The minimum absolute atomic E-state index is 0.979. The molecule has 0 aliphatic rings. The molecule has 1 aromatic rings. The van der Waals surface area contributed by atoms with Crippen LogP contribution < -0.4 is 0 Å². The summed E-state index contributed by atoms with van der Waals surface area (Å²) in [6, 6.07) is 8.02. The van der Waals surface area contributed by atoms with Gasteiger partial charge in [-0.25, -0.2) is 4.99 Å². The Balaban J connectivity index is 2.96. The lowest BCUT2D eigenvalue weighted by Gasteiger charge is -1.99. The third-order valence-electron chi connectivity index (χ3n) is 1.65. The quantitative estimate of drug-likeness (QED) is 0.479. The van der Waals surface area contributed by atoms with Crippen molar-refractivity contribution in [2.24, 2.45) is 9.98 Å². The fraction of sp³-hybridized carbons (Fsp3) is 0.200. The number of benzene rings is 1. The minimum atomic E-state index is 0.979. The van der Waals surface area contributed by atoms with Crippen molar-refractivity contribution in [3.63, 3.8) is 0 Å². The van der Waals surface area contributed by atoms with E-state index in [0.29, 0.717) is 0 Å². The molecule has 0 radical (unpaired) electrons. The molecule has 0 unspecified atom stereocenters. The maximum absolute atomic E-state index is 4.14. The Morgan fingerprint density at radius 3 is 2.83 bits per heavy atom. The first-order valence-electron chi connectivity index (χ1n) is 3.94. The fourth-order valence-corrected chi connectivity index (χ4v) is 1.04. The molecule has 62 valence electrons. The summed E-state index contributed by atoms with van der Waals surface area (Å²) in [5.74, 6) is 0. The molecule has 0 amide bonds. The van der Waals surface area contributed by atoms with E-state index in [0.717, 1.165) is 12.1 Å². The van der Waals surface area contributed by atoms with Crippen molar-refractivity contribution in [3.8, 4) is 0 Å². The summed E-state index contributed by atoms with van der Waals surface area (Å²) in [7, 11) is 0. The van der Waals surface area contributed by atoms with Gasteiger partial charge in [0.25, 0.3) is 0 Å². The van der Waals surface area contributed by atoms with Gasteiger partial charge in [-0.15, -0.1) is 0 Å². The zero-order valence-electron chi connectivity index (χ0n) is 7.20. The molecule has 0 saturated carbocycles. The molecular formula is C10H12N2. The molecule has 0 N–H and O–H groups in total. The van der Waals surface area contributed by atoms with Gasteiger partial charge in [-0.1, -0.05) is 25.1 Å². The molecule has 1 rings (SSSR count). The molecule has 0 aliphatic heterocycles. The van der Waals surface area contributed by atoms with E-state index in [1.165, 1.54) is 11.9 Å². The molecule has 0 bridgehead atoms. The number of rotatable bonds is 3. The summed E-state index contributed by atoms with van der Waals surface area (Å²) >= 11 is 0. The van der Waals surface area contributed by atoms with E-state index in [4.69, 9.17) is 0 Å². The minimum Gasteiger partial charge on any atom is -0.253 e. The van der Waals surface area contributed by atoms with E-state index in [1.54, 1.807) is 0 Å². The van der Waals surface area contributed by atoms with Gasteiger partial charge in [0.2, 0.25) is 0 Å². The second kappa shape index (κ2) is 4.44. The van der Waals surface area contributed by atoms with Crippen LogP contribution in [-0.4, -0.2) is 13.1 Å². The summed E-state index contributed by atoms with van der Waals surface area (Å²) < 4.78 is 0. The number of aryl methyl sites for hydroxylation is 1. The largest absolute Gasteiger partial charge is 0.253 e. The number of para-hydroxylation sites is 1. The van der Waals surface area contributed by atoms with Crippen LogP contribution in [0.2, 0.25) is 0 Å². The summed E-state index contributed by atoms with van der Waals surface area (Å²) in [5.41, 5.74) is 2.21. The van der Waals surface area contributed by atoms with Crippen LogP contribution in [0, 0.1) is 0 Å². The second-order valence-corrected chi connectivity index (χ2v) is 2.41. The first-order chi connectivity index (χ1) is 5.88. The van der Waals surface area contributed by atoms with Crippen molar-refractivity contribution in [2.75, 3.05) is 0 Å². The van der Waals surface area contributed by atoms with Crippen LogP contribution in [0.5, 0.6) is 0 Å². The highest BCUT2D eigenvalue weighted by atomic mass is 14.8. The molecule has 0 heterocycles. The molecular weight excluding hydrogens is 148 g/mol. The Hall–Kier alpha value is -1.44. The van der Waals surface area contributed by atoms with E-state index < -0.39 is 0 Å². The average molecular weight is 160 g/mol. The van der Waals surface area contributed by atoms with Crippen molar-refractivity contribution in [2.45, 2.75) is 13.3 Å². The van der Waals surface area contributed by atoms with Gasteiger partial charge < -0.3 is 0 Å². The highest BCUT2D eigenvalue weighted by Crippen LogP contribution is 2.18. The maximum atomic E-state index is 4.14. The Labute approximate surface area is 72.7 Å². The molecule has 0 aliphatic carbocycles. The van der Waals surface area contributed by atoms with E-state index in [9.17, 15) is 0 Å². The summed E-state index contributed by atoms with van der Waals surface area (Å²) in [4.78, 5) is 7.71. The van der Waals surface area contributed by atoms with Gasteiger partial charge in [0.15, 0.2) is 0 Å². The summed E-state index contributed by atoms with van der Waals surface area (Å²) in [6.07, 6.45) is 2.46. The molecule has 2 heteroatoms. The van der Waals surface area contributed by atoms with Crippen LogP contribution in [0.25, 0.3) is 0 Å². The van der Waals surface area contributed by atoms with E-state index >= 15 is 0 Å². The van der Waals surface area contributed by atoms with Gasteiger partial charge in [0, 0.05) is 0 Å². The topological polar surface area (TPSA) is 24.7 Å². The van der Waals surface area contributed by atoms with E-state index in [2.05, 4.69) is 29.7 Å². The number of hydrogen-bond donors (Lipinski definition) is 0. The summed E-state index contributed by atoms with van der Waals surface area (Å²) in [5, 5.41) is 0. The van der Waals surface area contributed by atoms with Crippen molar-refractivity contribution in [1.82, 2.24) is 0 Å². The van der Waals surface area contributed by atoms with Crippen molar-refractivity contribution >= 4 is 18.7 Å². The van der Waals surface area contributed by atoms with Crippen molar-refractivity contribution in [1.29, 1.82) is 0 Å². The highest BCUT2D eigenvalue weighted by Gasteiger charge is 1.94. The van der Waals surface area contributed by atoms with Gasteiger partial charge in [-0.3, -0.25) is 4.99 Å². The Bertz CT molecular complexity index is 290. The predicted octanol–water partition coefficient (Wildman–Crippen LogP) is 2.61. The third kappa shape index (κ3) is 2.02. The molecule has 0 aromatic heterocycles. The third-order valence-corrected chi connectivity index (χ3v) is 1.65. The number of aliphatic imine (C=N–C) groups is 2. The van der Waals surface area contributed by atoms with Crippen LogP contribution in [0.3, 0.4) is 0 Å². The number of nitrogens with zero attached hydrogens (tertiary/aromatic N) is 2. The predicted molar refractivity (Wildman–Crippen MR) is 53.5 cm³/mol. The van der Waals surface area contributed by atoms with E-state index in [-0.39, 0.29) is 0 Å². The average Bonchev–Trinajstić information content (AvgIpc) is 2.15. The Kier molecular flexibility index (Phi) is 3.20. The SMILES string of the molecule is C=NC=Nc1ccccc1CC. The van der Waals surface area contributed by atoms with Gasteiger partial charge >= 0.3 is 0 Å². The van der Waals surface area contributed by atoms with Crippen LogP contribution in [0.15, 0.2) is 34.3 Å². The maximum Gasteiger partial charge on any atom is 0.115 e. The lowest BCUT2D eigenvalue weighted by Crippen LogP contribution is -1.79. The standard InChI is InChI=1S/C10H12N2/c1-3-9-6-4-5-7-10(9)12-8-11-2/h4-8H,2-3H2,1H3. The lowest BCUT2D eigenvalue weighted by atomic mass is 10.1. The zero-order chi connectivity index (χ0) is 8.81. The van der Waals surface area contributed by atoms with Gasteiger partial charge in [-0.2, -0.15) is 0 Å². The Morgan fingerprint density at radius 2 is 2.17 bits per heavy atom. The number of hydrogen-bond acceptors (Lipinski definition) is 1. The van der Waals surface area contributed by atoms with E-state index in [1.807, 2.05) is 18.2 Å². The molecule has 0 fully saturated rings. The first-order valence-corrected chi connectivity index (χ1v) is 3.94. The fourth-order valence-electron chi connectivity index (χ4n) is 1.04. The highest BCUT2D eigenvalue weighted by molar-refractivity contribution is 5.67. The van der Waals surface area contributed by atoms with Crippen molar-refractivity contribution in [3.05, 3.63) is 29.8 Å². The van der Waals surface area contributed by atoms with Gasteiger partial charge in [0.1, 0.15) is 6.34 Å². The van der Waals surface area contributed by atoms with Crippen molar-refractivity contribution < 1.29 is 0 Å². The molecule has 0 saturated heterocycles. The Morgan fingerprint density at radius 1 is 1.42 bits per heavy atom. The molecule has 1 aromatic carbocycles. The molecule has 2 nitrogen and oxygen atoms in total. The van der Waals surface area contributed by atoms with Crippen LogP contribution in [-0.2, 0) is 6.42 Å². The van der Waals surface area contributed by atoms with Gasteiger partial charge in [0.05, 0.1) is 5.69 Å². The lowest BCUT2D eigenvalue weighted by molar-refractivity contribution is 1.13. The second-order valence-electron chi connectivity index (χ2n) is 2.41.